The monoisotopic (exact) mass is 310 g/mol. The van der Waals surface area contributed by atoms with Gasteiger partial charge in [0.25, 0.3) is 0 Å². The van der Waals surface area contributed by atoms with Gasteiger partial charge in [-0.2, -0.15) is 0 Å². The van der Waals surface area contributed by atoms with Crippen LogP contribution in [0.3, 0.4) is 0 Å². The Morgan fingerprint density at radius 3 is 2.73 bits per heavy atom. The minimum absolute atomic E-state index is 0.0243. The summed E-state index contributed by atoms with van der Waals surface area (Å²) in [6.07, 6.45) is 7.33. The molecule has 0 aromatic carbocycles. The first-order chi connectivity index (χ1) is 10.6. The lowest BCUT2D eigenvalue weighted by molar-refractivity contribution is -0.130. The van der Waals surface area contributed by atoms with Gasteiger partial charge in [0.2, 0.25) is 11.8 Å². The second kappa shape index (κ2) is 8.51. The second-order valence-electron chi connectivity index (χ2n) is 6.80. The lowest BCUT2D eigenvalue weighted by Crippen LogP contribution is -2.39. The number of amides is 2. The van der Waals surface area contributed by atoms with Gasteiger partial charge in [-0.15, -0.1) is 0 Å². The third kappa shape index (κ3) is 4.97. The summed E-state index contributed by atoms with van der Waals surface area (Å²) in [7, 11) is 0. The second-order valence-corrected chi connectivity index (χ2v) is 6.80. The molecule has 2 fully saturated rings. The maximum absolute atomic E-state index is 12.2. The van der Waals surface area contributed by atoms with Crippen LogP contribution in [-0.4, -0.2) is 48.6 Å². The van der Waals surface area contributed by atoms with Gasteiger partial charge in [0, 0.05) is 32.2 Å². The van der Waals surface area contributed by atoms with E-state index in [0.717, 1.165) is 19.3 Å². The van der Waals surface area contributed by atoms with E-state index in [4.69, 9.17) is 4.74 Å². The normalized spacial score (nSPS) is 23.3. The third-order valence-corrected chi connectivity index (χ3v) is 4.62. The van der Waals surface area contributed by atoms with Crippen LogP contribution < -0.4 is 5.32 Å². The number of nitrogens with one attached hydrogen (secondary N) is 1. The molecule has 1 aliphatic carbocycles. The smallest absolute Gasteiger partial charge is 0.225 e. The van der Waals surface area contributed by atoms with Crippen molar-refractivity contribution in [2.45, 2.75) is 70.9 Å². The Labute approximate surface area is 133 Å². The molecule has 1 aliphatic heterocycles. The number of ether oxygens (including phenoxy) is 1. The average Bonchev–Trinajstić information content (AvgIpc) is 2.89. The summed E-state index contributed by atoms with van der Waals surface area (Å²) in [5.74, 6) is 0.0202. The van der Waals surface area contributed by atoms with E-state index >= 15 is 0 Å². The van der Waals surface area contributed by atoms with Crippen LogP contribution in [0.15, 0.2) is 0 Å². The van der Waals surface area contributed by atoms with Crippen molar-refractivity contribution in [2.24, 2.45) is 5.92 Å². The standard InChI is InChI=1S/C17H30N2O3/c1-13(2)22-10-6-9-18-17(21)14-11-16(20)19(12-14)15-7-4-3-5-8-15/h13-15H,3-12H2,1-2H3,(H,18,21)/t14-/m0/s1. The summed E-state index contributed by atoms with van der Waals surface area (Å²) in [5, 5.41) is 2.94. The van der Waals surface area contributed by atoms with Crippen molar-refractivity contribution < 1.29 is 14.3 Å². The van der Waals surface area contributed by atoms with Crippen molar-refractivity contribution in [3.63, 3.8) is 0 Å². The third-order valence-electron chi connectivity index (χ3n) is 4.62. The predicted octanol–water partition coefficient (Wildman–Crippen LogP) is 2.10. The largest absolute Gasteiger partial charge is 0.379 e. The van der Waals surface area contributed by atoms with Crippen LogP contribution in [0.5, 0.6) is 0 Å². The Balaban J connectivity index is 1.69. The van der Waals surface area contributed by atoms with Gasteiger partial charge in [-0.1, -0.05) is 19.3 Å². The topological polar surface area (TPSA) is 58.6 Å². The maximum atomic E-state index is 12.2. The van der Waals surface area contributed by atoms with Crippen molar-refractivity contribution >= 4 is 11.8 Å². The summed E-state index contributed by atoms with van der Waals surface area (Å²) < 4.78 is 5.45. The van der Waals surface area contributed by atoms with Gasteiger partial charge in [-0.25, -0.2) is 0 Å². The molecule has 0 unspecified atom stereocenters. The summed E-state index contributed by atoms with van der Waals surface area (Å²) >= 11 is 0. The Kier molecular flexibility index (Phi) is 6.68. The van der Waals surface area contributed by atoms with Gasteiger partial charge in [-0.05, 0) is 33.1 Å². The molecule has 1 saturated carbocycles. The van der Waals surface area contributed by atoms with Crippen molar-refractivity contribution in [1.82, 2.24) is 10.2 Å². The number of hydrogen-bond acceptors (Lipinski definition) is 3. The highest BCUT2D eigenvalue weighted by Crippen LogP contribution is 2.28. The van der Waals surface area contributed by atoms with Gasteiger partial charge in [-0.3, -0.25) is 9.59 Å². The van der Waals surface area contributed by atoms with E-state index in [-0.39, 0.29) is 23.8 Å². The molecule has 126 valence electrons. The SMILES string of the molecule is CC(C)OCCCNC(=O)[C@H]1CC(=O)N(C2CCCCC2)C1. The van der Waals surface area contributed by atoms with Gasteiger partial charge in [0.15, 0.2) is 0 Å². The first kappa shape index (κ1) is 17.3. The Morgan fingerprint density at radius 1 is 1.32 bits per heavy atom. The molecule has 5 nitrogen and oxygen atoms in total. The molecule has 22 heavy (non-hydrogen) atoms. The number of rotatable bonds is 7. The van der Waals surface area contributed by atoms with Crippen LogP contribution >= 0.6 is 0 Å². The van der Waals surface area contributed by atoms with E-state index < -0.39 is 0 Å². The van der Waals surface area contributed by atoms with Crippen molar-refractivity contribution in [3.05, 3.63) is 0 Å². The van der Waals surface area contributed by atoms with E-state index in [0.29, 0.717) is 32.2 Å². The van der Waals surface area contributed by atoms with Gasteiger partial charge < -0.3 is 15.0 Å². The molecule has 2 amide bonds. The van der Waals surface area contributed by atoms with Gasteiger partial charge >= 0.3 is 0 Å². The van der Waals surface area contributed by atoms with Gasteiger partial charge in [0.1, 0.15) is 0 Å². The van der Waals surface area contributed by atoms with E-state index in [1.807, 2.05) is 18.7 Å². The van der Waals surface area contributed by atoms with Crippen molar-refractivity contribution in [3.8, 4) is 0 Å². The Morgan fingerprint density at radius 2 is 2.05 bits per heavy atom. The van der Waals surface area contributed by atoms with Crippen LogP contribution in [-0.2, 0) is 14.3 Å². The predicted molar refractivity (Wildman–Crippen MR) is 85.4 cm³/mol. The molecular weight excluding hydrogens is 280 g/mol. The molecular formula is C17H30N2O3. The van der Waals surface area contributed by atoms with Crippen molar-refractivity contribution in [1.29, 1.82) is 0 Å². The van der Waals surface area contributed by atoms with Crippen LogP contribution in [0, 0.1) is 5.92 Å². The van der Waals surface area contributed by atoms with E-state index in [1.54, 1.807) is 0 Å². The van der Waals surface area contributed by atoms with Crippen molar-refractivity contribution in [2.75, 3.05) is 19.7 Å². The minimum Gasteiger partial charge on any atom is -0.379 e. The van der Waals surface area contributed by atoms with Crippen LogP contribution in [0.25, 0.3) is 0 Å². The number of carbonyl (C=O) groups excluding carboxylic acids is 2. The molecule has 1 N–H and O–H groups in total. The highest BCUT2D eigenvalue weighted by atomic mass is 16.5. The molecule has 0 spiro atoms. The lowest BCUT2D eigenvalue weighted by atomic mass is 9.94. The molecule has 5 heteroatoms. The Bertz CT molecular complexity index is 378. The molecule has 1 atom stereocenters. The van der Waals surface area contributed by atoms with E-state index in [2.05, 4.69) is 5.32 Å². The molecule has 0 aromatic heterocycles. The quantitative estimate of drug-likeness (QED) is 0.733. The molecule has 0 bridgehead atoms. The number of nitrogens with zero attached hydrogens (tertiary/aromatic N) is 1. The minimum atomic E-state index is -0.166. The highest BCUT2D eigenvalue weighted by molar-refractivity contribution is 5.89. The summed E-state index contributed by atoms with van der Waals surface area (Å²) in [4.78, 5) is 26.3. The zero-order chi connectivity index (χ0) is 15.9. The summed E-state index contributed by atoms with van der Waals surface area (Å²) in [6.45, 7) is 5.90. The molecule has 2 rings (SSSR count). The van der Waals surface area contributed by atoms with Crippen LogP contribution in [0.4, 0.5) is 0 Å². The Hall–Kier alpha value is -1.10. The van der Waals surface area contributed by atoms with Gasteiger partial charge in [0.05, 0.1) is 12.0 Å². The zero-order valence-electron chi connectivity index (χ0n) is 14.0. The van der Waals surface area contributed by atoms with E-state index in [1.165, 1.54) is 19.3 Å². The zero-order valence-corrected chi connectivity index (χ0v) is 14.0. The fourth-order valence-electron chi connectivity index (χ4n) is 3.40. The van der Waals surface area contributed by atoms with Crippen LogP contribution in [0.1, 0.15) is 58.8 Å². The molecule has 0 radical (unpaired) electrons. The lowest BCUT2D eigenvalue weighted by Gasteiger charge is -2.31. The first-order valence-electron chi connectivity index (χ1n) is 8.76. The molecule has 2 aliphatic rings. The molecule has 1 saturated heterocycles. The average molecular weight is 310 g/mol. The summed E-state index contributed by atoms with van der Waals surface area (Å²) in [5.41, 5.74) is 0. The molecule has 1 heterocycles. The van der Waals surface area contributed by atoms with Crippen LogP contribution in [0.2, 0.25) is 0 Å². The number of likely N-dealkylation sites (tertiary alicyclic amines) is 1. The highest BCUT2D eigenvalue weighted by Gasteiger charge is 2.37. The maximum Gasteiger partial charge on any atom is 0.225 e. The molecule has 0 aromatic rings. The first-order valence-corrected chi connectivity index (χ1v) is 8.76. The number of carbonyl (C=O) groups is 2. The summed E-state index contributed by atoms with van der Waals surface area (Å²) in [6, 6.07) is 0.374. The number of hydrogen-bond donors (Lipinski definition) is 1. The fraction of sp³-hybridized carbons (Fsp3) is 0.882. The van der Waals surface area contributed by atoms with E-state index in [9.17, 15) is 9.59 Å². The fourth-order valence-corrected chi connectivity index (χ4v) is 3.40.